The second-order valence-corrected chi connectivity index (χ2v) is 4.62. The normalized spacial score (nSPS) is 11.2. The van der Waals surface area contributed by atoms with Crippen LogP contribution in [0.5, 0.6) is 0 Å². The monoisotopic (exact) mass is 356 g/mol. The molecule has 2 atom stereocenters. The molecule has 4 heteroatoms. The molecule has 4 nitrogen and oxygen atoms in total. The molecule has 0 fully saturated rings. The summed E-state index contributed by atoms with van der Waals surface area (Å²) < 4.78 is 0. The van der Waals surface area contributed by atoms with Crippen molar-refractivity contribution in [3.63, 3.8) is 0 Å². The summed E-state index contributed by atoms with van der Waals surface area (Å²) in [7, 11) is 0. The number of nitrogens with one attached hydrogen (secondary N) is 1. The Kier molecular flexibility index (Phi) is 37.5. The molecule has 0 spiro atoms. The lowest BCUT2D eigenvalue weighted by atomic mass is 9.78. The quantitative estimate of drug-likeness (QED) is 0.514. The highest BCUT2D eigenvalue weighted by atomic mass is 16.2. The van der Waals surface area contributed by atoms with Crippen molar-refractivity contribution >= 4 is 11.8 Å². The summed E-state index contributed by atoms with van der Waals surface area (Å²) in [5.74, 6) is 0.639. The van der Waals surface area contributed by atoms with Gasteiger partial charge < -0.3 is 11.1 Å². The summed E-state index contributed by atoms with van der Waals surface area (Å²) in [6.07, 6.45) is 9.35. The molecule has 0 saturated heterocycles. The van der Waals surface area contributed by atoms with Gasteiger partial charge in [0, 0.05) is 5.41 Å². The lowest BCUT2D eigenvalue weighted by Crippen LogP contribution is -2.53. The molecule has 0 aliphatic heterocycles. The van der Waals surface area contributed by atoms with E-state index in [2.05, 4.69) is 25.7 Å². The van der Waals surface area contributed by atoms with Gasteiger partial charge in [0.05, 0.1) is 0 Å². The van der Waals surface area contributed by atoms with Crippen LogP contribution in [0, 0.1) is 17.8 Å². The first kappa shape index (κ1) is 34.6. The van der Waals surface area contributed by atoms with Crippen molar-refractivity contribution < 1.29 is 9.59 Å². The predicted molar refractivity (Wildman–Crippen MR) is 113 cm³/mol. The highest BCUT2D eigenvalue weighted by molar-refractivity contribution is 5.96. The van der Waals surface area contributed by atoms with E-state index in [4.69, 9.17) is 12.2 Å². The molecule has 0 aliphatic rings. The topological polar surface area (TPSA) is 72.2 Å². The van der Waals surface area contributed by atoms with Crippen molar-refractivity contribution in [2.45, 2.75) is 94.5 Å². The first-order valence-corrected chi connectivity index (χ1v) is 9.52. The van der Waals surface area contributed by atoms with E-state index >= 15 is 0 Å². The second-order valence-electron chi connectivity index (χ2n) is 4.62. The Bertz CT molecular complexity index is 346. The maximum atomic E-state index is 11.3. The first-order chi connectivity index (χ1) is 11.8. The largest absolute Gasteiger partial charge is 0.368 e. The van der Waals surface area contributed by atoms with Crippen molar-refractivity contribution in [3.05, 3.63) is 12.7 Å². The van der Waals surface area contributed by atoms with Gasteiger partial charge in [-0.3, -0.25) is 9.59 Å². The number of nitrogens with two attached hydrogens (primary N) is 1. The van der Waals surface area contributed by atoms with Crippen molar-refractivity contribution in [1.29, 1.82) is 0 Å². The Labute approximate surface area is 158 Å². The van der Waals surface area contributed by atoms with Gasteiger partial charge >= 0.3 is 0 Å². The van der Waals surface area contributed by atoms with E-state index in [-0.39, 0.29) is 0 Å². The number of primary amides is 1. The SMILES string of the molecule is C#CC(=O)N[C@H](C(N)=O)C(C)(C=C)CCC.CC.CC.CC.CCC. The highest BCUT2D eigenvalue weighted by Crippen LogP contribution is 2.28. The predicted octanol–water partition coefficient (Wildman–Crippen LogP) is 5.08. The van der Waals surface area contributed by atoms with Gasteiger partial charge in [0.1, 0.15) is 6.04 Å². The summed E-state index contributed by atoms with van der Waals surface area (Å²) in [4.78, 5) is 22.4. The van der Waals surface area contributed by atoms with Crippen molar-refractivity contribution in [1.82, 2.24) is 5.32 Å². The molecule has 0 saturated carbocycles. The molecule has 25 heavy (non-hydrogen) atoms. The Morgan fingerprint density at radius 2 is 1.52 bits per heavy atom. The maximum absolute atomic E-state index is 11.3. The van der Waals surface area contributed by atoms with Crippen LogP contribution in [0.2, 0.25) is 0 Å². The van der Waals surface area contributed by atoms with Crippen LogP contribution in [0.15, 0.2) is 12.7 Å². The molecule has 0 aromatic heterocycles. The number of carbonyl (C=O) groups excluding carboxylic acids is 2. The lowest BCUT2D eigenvalue weighted by molar-refractivity contribution is -0.127. The molecule has 0 bridgehead atoms. The van der Waals surface area contributed by atoms with E-state index < -0.39 is 23.3 Å². The van der Waals surface area contributed by atoms with E-state index in [1.165, 1.54) is 6.42 Å². The third kappa shape index (κ3) is 20.2. The second kappa shape index (κ2) is 27.1. The van der Waals surface area contributed by atoms with Crippen LogP contribution in [0.3, 0.4) is 0 Å². The molecule has 150 valence electrons. The smallest absolute Gasteiger partial charge is 0.296 e. The summed E-state index contributed by atoms with van der Waals surface area (Å²) in [6, 6.07) is -0.825. The van der Waals surface area contributed by atoms with E-state index in [1.54, 1.807) is 6.08 Å². The van der Waals surface area contributed by atoms with Crippen LogP contribution in [-0.2, 0) is 9.59 Å². The third-order valence-electron chi connectivity index (χ3n) is 2.61. The fourth-order valence-corrected chi connectivity index (χ4v) is 1.64. The molecule has 3 N–H and O–H groups in total. The maximum Gasteiger partial charge on any atom is 0.296 e. The molecular formula is C21H44N2O2. The summed E-state index contributed by atoms with van der Waals surface area (Å²) in [6.45, 7) is 23.7. The molecular weight excluding hydrogens is 312 g/mol. The summed E-state index contributed by atoms with van der Waals surface area (Å²) >= 11 is 0. The Morgan fingerprint density at radius 1 is 1.16 bits per heavy atom. The number of hydrogen-bond donors (Lipinski definition) is 2. The summed E-state index contributed by atoms with van der Waals surface area (Å²) in [5, 5.41) is 2.42. The van der Waals surface area contributed by atoms with Gasteiger partial charge in [0.2, 0.25) is 5.91 Å². The zero-order valence-corrected chi connectivity index (χ0v) is 18.5. The standard InChI is InChI=1S/C12H18N2O2.C3H8.3C2H6/c1-5-8-12(4,7-3)10(11(13)16)14-9(15)6-2;1-3-2;3*1-2/h2,7,10H,3,5,8H2,1,4H3,(H2,13,16)(H,14,15);3H2,1-2H3;3*1-2H3/t10-,12?;;;;/m1..../s1. The molecule has 0 rings (SSSR count). The van der Waals surface area contributed by atoms with Gasteiger partial charge in [-0.2, -0.15) is 0 Å². The molecule has 0 aliphatic carbocycles. The van der Waals surface area contributed by atoms with Crippen LogP contribution in [0.4, 0.5) is 0 Å². The average molecular weight is 357 g/mol. The molecule has 1 unspecified atom stereocenters. The zero-order valence-electron chi connectivity index (χ0n) is 18.5. The van der Waals surface area contributed by atoms with E-state index in [9.17, 15) is 9.59 Å². The highest BCUT2D eigenvalue weighted by Gasteiger charge is 2.35. The molecule has 0 aromatic carbocycles. The van der Waals surface area contributed by atoms with Crippen molar-refractivity contribution in [2.24, 2.45) is 11.1 Å². The minimum absolute atomic E-state index is 0.576. The van der Waals surface area contributed by atoms with Gasteiger partial charge in [-0.25, -0.2) is 0 Å². The number of amides is 2. The number of hydrogen-bond acceptors (Lipinski definition) is 2. The fourth-order valence-electron chi connectivity index (χ4n) is 1.64. The van der Waals surface area contributed by atoms with Gasteiger partial charge in [0.15, 0.2) is 0 Å². The number of rotatable bonds is 6. The molecule has 0 aromatic rings. The van der Waals surface area contributed by atoms with Gasteiger partial charge in [-0.05, 0) is 12.3 Å². The Hall–Kier alpha value is -1.76. The minimum Gasteiger partial charge on any atom is -0.368 e. The van der Waals surface area contributed by atoms with Crippen LogP contribution >= 0.6 is 0 Å². The van der Waals surface area contributed by atoms with Crippen LogP contribution < -0.4 is 11.1 Å². The summed E-state index contributed by atoms with van der Waals surface area (Å²) in [5.41, 5.74) is 4.69. The van der Waals surface area contributed by atoms with Crippen LogP contribution in [0.1, 0.15) is 88.5 Å². The molecule has 0 radical (unpaired) electrons. The lowest BCUT2D eigenvalue weighted by Gasteiger charge is -2.32. The van der Waals surface area contributed by atoms with Crippen LogP contribution in [0.25, 0.3) is 0 Å². The number of carbonyl (C=O) groups is 2. The Balaban J connectivity index is -0.000000126. The fraction of sp³-hybridized carbons (Fsp3) is 0.714. The number of terminal acetylenes is 1. The van der Waals surface area contributed by atoms with Crippen molar-refractivity contribution in [2.75, 3.05) is 0 Å². The molecule has 0 heterocycles. The minimum atomic E-state index is -0.825. The first-order valence-electron chi connectivity index (χ1n) is 9.52. The van der Waals surface area contributed by atoms with Gasteiger partial charge in [0.25, 0.3) is 5.91 Å². The van der Waals surface area contributed by atoms with Crippen LogP contribution in [-0.4, -0.2) is 17.9 Å². The van der Waals surface area contributed by atoms with Crippen molar-refractivity contribution in [3.8, 4) is 12.3 Å². The average Bonchev–Trinajstić information content (AvgIpc) is 2.65. The zero-order chi connectivity index (χ0) is 21.5. The third-order valence-corrected chi connectivity index (χ3v) is 2.61. The van der Waals surface area contributed by atoms with E-state index in [0.29, 0.717) is 6.42 Å². The van der Waals surface area contributed by atoms with E-state index in [0.717, 1.165) is 6.42 Å². The van der Waals surface area contributed by atoms with Gasteiger partial charge in [-0.1, -0.05) is 88.2 Å². The Morgan fingerprint density at radius 3 is 1.72 bits per heavy atom. The van der Waals surface area contributed by atoms with Gasteiger partial charge in [-0.15, -0.1) is 13.0 Å². The van der Waals surface area contributed by atoms with E-state index in [1.807, 2.05) is 61.3 Å². The molecule has 2 amide bonds.